The first-order valence-electron chi connectivity index (χ1n) is 12.1. The molecule has 0 amide bonds. The first kappa shape index (κ1) is 23.4. The van der Waals surface area contributed by atoms with E-state index in [9.17, 15) is 4.79 Å². The molecule has 0 saturated carbocycles. The Balaban J connectivity index is 1.05. The number of fused-ring (bicyclic) bond motifs is 1. The number of ether oxygens (including phenoxy) is 1. The molecule has 176 valence electrons. The third-order valence-electron chi connectivity index (χ3n) is 6.83. The Kier molecular flexibility index (Phi) is 7.66. The summed E-state index contributed by atoms with van der Waals surface area (Å²) in [6.45, 7) is 4.02. The zero-order valence-electron chi connectivity index (χ0n) is 19.3. The minimum absolute atomic E-state index is 0.0493. The van der Waals surface area contributed by atoms with Gasteiger partial charge in [-0.3, -0.25) is 4.79 Å². The van der Waals surface area contributed by atoms with Gasteiger partial charge in [0.05, 0.1) is 6.42 Å². The van der Waals surface area contributed by atoms with Crippen molar-refractivity contribution in [2.45, 2.75) is 108 Å². The number of carbonyl (C=O) groups excluding carboxylic acids is 1. The Labute approximate surface area is 191 Å². The van der Waals surface area contributed by atoms with Crippen molar-refractivity contribution >= 4 is 5.97 Å². The highest BCUT2D eigenvalue weighted by molar-refractivity contribution is 5.73. The Morgan fingerprint density at radius 2 is 1.66 bits per heavy atom. The Morgan fingerprint density at radius 3 is 2.41 bits per heavy atom. The maximum absolute atomic E-state index is 11.6. The van der Waals surface area contributed by atoms with E-state index in [4.69, 9.17) is 24.3 Å². The third kappa shape index (κ3) is 5.98. The molecule has 1 aromatic carbocycles. The summed E-state index contributed by atoms with van der Waals surface area (Å²) in [5.41, 5.74) is 0.169. The van der Waals surface area contributed by atoms with E-state index in [1.165, 1.54) is 25.7 Å². The molecule has 3 heterocycles. The summed E-state index contributed by atoms with van der Waals surface area (Å²) in [7, 11) is 0. The summed E-state index contributed by atoms with van der Waals surface area (Å²) in [6.07, 6.45) is 13.8. The van der Waals surface area contributed by atoms with Crippen molar-refractivity contribution < 1.29 is 29.1 Å². The molecule has 0 unspecified atom stereocenters. The smallest absolute Gasteiger partial charge is 0.309 e. The number of hydrogen-bond acceptors (Lipinski definition) is 6. The zero-order chi connectivity index (χ0) is 22.4. The normalized spacial score (nSPS) is 34.3. The number of hydrogen-bond donors (Lipinski definition) is 0. The van der Waals surface area contributed by atoms with Gasteiger partial charge in [-0.1, -0.05) is 74.9 Å². The second-order valence-corrected chi connectivity index (χ2v) is 9.89. The molecule has 0 bridgehead atoms. The summed E-state index contributed by atoms with van der Waals surface area (Å²) in [4.78, 5) is 33.9. The van der Waals surface area contributed by atoms with Crippen molar-refractivity contribution in [2.24, 2.45) is 0 Å². The lowest BCUT2D eigenvalue weighted by molar-refractivity contribution is -0.428. The highest BCUT2D eigenvalue weighted by Gasteiger charge is 2.55. The minimum atomic E-state index is -0.551. The lowest BCUT2D eigenvalue weighted by Gasteiger charge is -2.43. The summed E-state index contributed by atoms with van der Waals surface area (Å²) < 4.78 is 5.53. The molecule has 6 heteroatoms. The largest absolute Gasteiger partial charge is 0.456 e. The van der Waals surface area contributed by atoms with Gasteiger partial charge in [-0.15, -0.1) is 0 Å². The van der Waals surface area contributed by atoms with Gasteiger partial charge in [-0.05, 0) is 38.3 Å². The van der Waals surface area contributed by atoms with E-state index in [-0.39, 0.29) is 30.7 Å². The average Bonchev–Trinajstić information content (AvgIpc) is 3.09. The zero-order valence-corrected chi connectivity index (χ0v) is 19.3. The molecule has 0 spiro atoms. The lowest BCUT2D eigenvalue weighted by atomic mass is 9.82. The first-order valence-corrected chi connectivity index (χ1v) is 12.1. The van der Waals surface area contributed by atoms with E-state index in [0.717, 1.165) is 31.2 Å². The van der Waals surface area contributed by atoms with Gasteiger partial charge in [0.2, 0.25) is 0 Å². The summed E-state index contributed by atoms with van der Waals surface area (Å²) in [5.74, 6) is -0.193. The number of esters is 1. The predicted molar refractivity (Wildman–Crippen MR) is 119 cm³/mol. The Morgan fingerprint density at radius 1 is 0.906 bits per heavy atom. The van der Waals surface area contributed by atoms with Crippen molar-refractivity contribution in [2.75, 3.05) is 0 Å². The topological polar surface area (TPSA) is 63.2 Å². The standard InChI is InChI=1S/C26H36O6/c1-25(19-26(2)23(31-32-25)18-24(27)28-26)17-11-6-4-3-5-10-14-21-15-16-22(30-29-21)20-12-8-7-9-13-20/h7-9,12-13,15-16,21-23H,3-6,10-11,14,17-19H2,1-2H3/t21-,22-,23-,25-,26-/m0/s1. The predicted octanol–water partition coefficient (Wildman–Crippen LogP) is 5.92. The fourth-order valence-electron chi connectivity index (χ4n) is 5.02. The van der Waals surface area contributed by atoms with Gasteiger partial charge in [0, 0.05) is 6.42 Å². The van der Waals surface area contributed by atoms with Crippen LogP contribution in [-0.4, -0.2) is 29.4 Å². The van der Waals surface area contributed by atoms with Crippen LogP contribution in [0.2, 0.25) is 0 Å². The molecular formula is C26H36O6. The first-order chi connectivity index (χ1) is 15.5. The van der Waals surface area contributed by atoms with Crippen molar-refractivity contribution in [1.82, 2.24) is 0 Å². The van der Waals surface area contributed by atoms with Crippen LogP contribution in [-0.2, 0) is 29.1 Å². The molecule has 2 saturated heterocycles. The van der Waals surface area contributed by atoms with Crippen molar-refractivity contribution in [3.8, 4) is 0 Å². The van der Waals surface area contributed by atoms with Gasteiger partial charge in [-0.25, -0.2) is 19.6 Å². The van der Waals surface area contributed by atoms with E-state index >= 15 is 0 Å². The molecular weight excluding hydrogens is 408 g/mol. The number of rotatable bonds is 10. The third-order valence-corrected chi connectivity index (χ3v) is 6.83. The van der Waals surface area contributed by atoms with E-state index < -0.39 is 11.2 Å². The summed E-state index contributed by atoms with van der Waals surface area (Å²) >= 11 is 0. The van der Waals surface area contributed by atoms with Gasteiger partial charge in [0.15, 0.2) is 0 Å². The van der Waals surface area contributed by atoms with Gasteiger partial charge in [0.25, 0.3) is 0 Å². The van der Waals surface area contributed by atoms with Gasteiger partial charge in [-0.2, -0.15) is 0 Å². The molecule has 0 N–H and O–H groups in total. The highest BCUT2D eigenvalue weighted by Crippen LogP contribution is 2.44. The van der Waals surface area contributed by atoms with Crippen molar-refractivity contribution in [3.05, 3.63) is 48.0 Å². The molecule has 3 aliphatic rings. The van der Waals surface area contributed by atoms with Crippen LogP contribution >= 0.6 is 0 Å². The molecule has 3 aliphatic heterocycles. The number of benzene rings is 1. The second-order valence-electron chi connectivity index (χ2n) is 9.89. The van der Waals surface area contributed by atoms with Crippen LogP contribution in [0.25, 0.3) is 0 Å². The summed E-state index contributed by atoms with van der Waals surface area (Å²) in [5, 5.41) is 0. The van der Waals surface area contributed by atoms with Gasteiger partial charge < -0.3 is 4.74 Å². The van der Waals surface area contributed by atoms with Crippen LogP contribution in [0.5, 0.6) is 0 Å². The molecule has 5 atom stereocenters. The Bertz CT molecular complexity index is 780. The fourth-order valence-corrected chi connectivity index (χ4v) is 5.02. The number of unbranched alkanes of at least 4 members (excludes halogenated alkanes) is 5. The molecule has 0 aliphatic carbocycles. The Hall–Kier alpha value is -1.73. The molecule has 32 heavy (non-hydrogen) atoms. The van der Waals surface area contributed by atoms with Gasteiger partial charge >= 0.3 is 5.97 Å². The van der Waals surface area contributed by atoms with E-state index in [1.54, 1.807) is 0 Å². The highest BCUT2D eigenvalue weighted by atomic mass is 17.2. The monoisotopic (exact) mass is 444 g/mol. The van der Waals surface area contributed by atoms with Crippen molar-refractivity contribution in [3.63, 3.8) is 0 Å². The molecule has 6 nitrogen and oxygen atoms in total. The maximum atomic E-state index is 11.6. The van der Waals surface area contributed by atoms with Crippen LogP contribution in [0.4, 0.5) is 0 Å². The van der Waals surface area contributed by atoms with Gasteiger partial charge in [0.1, 0.15) is 29.5 Å². The van der Waals surface area contributed by atoms with Crippen LogP contribution in [0.1, 0.15) is 89.7 Å². The van der Waals surface area contributed by atoms with E-state index in [0.29, 0.717) is 6.42 Å². The molecule has 4 rings (SSSR count). The van der Waals surface area contributed by atoms with Crippen LogP contribution in [0.15, 0.2) is 42.5 Å². The van der Waals surface area contributed by atoms with E-state index in [2.05, 4.69) is 19.1 Å². The molecule has 0 aromatic heterocycles. The SMILES string of the molecule is C[C@]1(CCCCCCCC[C@H]2C=C[C@@H](c3ccccc3)OO2)C[C@]2(C)OC(=O)C[C@@H]2OO1. The maximum Gasteiger partial charge on any atom is 0.309 e. The molecule has 1 aromatic rings. The van der Waals surface area contributed by atoms with Crippen molar-refractivity contribution in [1.29, 1.82) is 0 Å². The second kappa shape index (κ2) is 10.5. The number of carbonyl (C=O) groups is 1. The van der Waals surface area contributed by atoms with Crippen LogP contribution < -0.4 is 0 Å². The quantitative estimate of drug-likeness (QED) is 0.193. The molecule has 2 fully saturated rings. The van der Waals surface area contributed by atoms with E-state index in [1.807, 2.05) is 37.3 Å². The lowest BCUT2D eigenvalue weighted by Crippen LogP contribution is -2.51. The average molecular weight is 445 g/mol. The summed E-state index contributed by atoms with van der Waals surface area (Å²) in [6, 6.07) is 10.1. The van der Waals surface area contributed by atoms with Crippen LogP contribution in [0, 0.1) is 0 Å². The fraction of sp³-hybridized carbons (Fsp3) is 0.654. The minimum Gasteiger partial charge on any atom is -0.456 e. The molecule has 0 radical (unpaired) electrons. The van der Waals surface area contributed by atoms with Crippen LogP contribution in [0.3, 0.4) is 0 Å².